The summed E-state index contributed by atoms with van der Waals surface area (Å²) in [5.74, 6) is 1.38. The van der Waals surface area contributed by atoms with E-state index in [1.165, 1.54) is 17.0 Å². The molecule has 0 radical (unpaired) electrons. The molecule has 0 saturated carbocycles. The van der Waals surface area contributed by atoms with E-state index in [-0.39, 0.29) is 0 Å². The second kappa shape index (κ2) is 4.57. The monoisotopic (exact) mass is 257 g/mol. The van der Waals surface area contributed by atoms with Crippen LogP contribution in [0.3, 0.4) is 0 Å². The summed E-state index contributed by atoms with van der Waals surface area (Å²) in [6.07, 6.45) is 3.45. The molecule has 1 aliphatic carbocycles. The first-order chi connectivity index (χ1) is 7.50. The first-order valence-corrected chi connectivity index (χ1v) is 8.13. The highest BCUT2D eigenvalue weighted by molar-refractivity contribution is 7.84. The first-order valence-electron chi connectivity index (χ1n) is 5.82. The van der Waals surface area contributed by atoms with E-state index in [1.807, 2.05) is 6.92 Å². The maximum Gasteiger partial charge on any atom is 0.106 e. The van der Waals surface area contributed by atoms with Gasteiger partial charge < -0.3 is 0 Å². The van der Waals surface area contributed by atoms with Crippen LogP contribution in [0.2, 0.25) is 0 Å². The zero-order chi connectivity index (χ0) is 11.8. The van der Waals surface area contributed by atoms with Gasteiger partial charge in [0.1, 0.15) is 5.01 Å². The molecule has 1 atom stereocenters. The summed E-state index contributed by atoms with van der Waals surface area (Å²) in [6, 6.07) is 0. The van der Waals surface area contributed by atoms with Crippen LogP contribution in [0.5, 0.6) is 0 Å². The molecule has 2 rings (SSSR count). The largest absolute Gasteiger partial charge is 0.259 e. The van der Waals surface area contributed by atoms with Gasteiger partial charge in [-0.15, -0.1) is 11.3 Å². The predicted molar refractivity (Wildman–Crippen MR) is 70.3 cm³/mol. The fraction of sp³-hybridized carbons (Fsp3) is 0.750. The summed E-state index contributed by atoms with van der Waals surface area (Å²) in [6.45, 7) is 6.60. The lowest BCUT2D eigenvalue weighted by Gasteiger charge is -2.28. The Morgan fingerprint density at radius 2 is 2.25 bits per heavy atom. The molecule has 1 aromatic rings. The van der Waals surface area contributed by atoms with Gasteiger partial charge in [0, 0.05) is 21.4 Å². The van der Waals surface area contributed by atoms with Gasteiger partial charge in [-0.05, 0) is 24.7 Å². The van der Waals surface area contributed by atoms with E-state index in [9.17, 15) is 4.21 Å². The second-order valence-electron chi connectivity index (χ2n) is 5.19. The van der Waals surface area contributed by atoms with Crippen LogP contribution >= 0.6 is 11.3 Å². The van der Waals surface area contributed by atoms with Crippen molar-refractivity contribution in [2.75, 3.05) is 5.75 Å². The number of hydrogen-bond donors (Lipinski definition) is 0. The lowest BCUT2D eigenvalue weighted by atomic mass is 9.79. The summed E-state index contributed by atoms with van der Waals surface area (Å²) < 4.78 is 11.5. The van der Waals surface area contributed by atoms with Gasteiger partial charge in [-0.2, -0.15) is 0 Å². The lowest BCUT2D eigenvalue weighted by molar-refractivity contribution is 0.316. The van der Waals surface area contributed by atoms with Crippen molar-refractivity contribution in [2.24, 2.45) is 5.41 Å². The Morgan fingerprint density at radius 3 is 2.94 bits per heavy atom. The molecule has 0 fully saturated rings. The van der Waals surface area contributed by atoms with E-state index in [2.05, 4.69) is 18.8 Å². The predicted octanol–water partition coefficient (Wildman–Crippen LogP) is 2.93. The van der Waals surface area contributed by atoms with Gasteiger partial charge in [0.15, 0.2) is 0 Å². The average molecular weight is 257 g/mol. The zero-order valence-electron chi connectivity index (χ0n) is 10.2. The summed E-state index contributed by atoms with van der Waals surface area (Å²) in [4.78, 5) is 6.06. The van der Waals surface area contributed by atoms with Crippen LogP contribution in [0.25, 0.3) is 0 Å². The van der Waals surface area contributed by atoms with Crippen LogP contribution in [0.15, 0.2) is 0 Å². The molecule has 1 heterocycles. The highest BCUT2D eigenvalue weighted by Crippen LogP contribution is 2.37. The summed E-state index contributed by atoms with van der Waals surface area (Å²) >= 11 is 1.78. The zero-order valence-corrected chi connectivity index (χ0v) is 11.8. The summed E-state index contributed by atoms with van der Waals surface area (Å²) in [5, 5.41) is 1.07. The number of nitrogens with zero attached hydrogens (tertiary/aromatic N) is 1. The first kappa shape index (κ1) is 12.2. The van der Waals surface area contributed by atoms with Gasteiger partial charge in [-0.1, -0.05) is 20.8 Å². The van der Waals surface area contributed by atoms with Crippen LogP contribution in [0.1, 0.15) is 42.8 Å². The molecule has 4 heteroatoms. The molecule has 0 aromatic carbocycles. The molecule has 0 N–H and O–H groups in total. The summed E-state index contributed by atoms with van der Waals surface area (Å²) in [5.41, 5.74) is 1.69. The van der Waals surface area contributed by atoms with Gasteiger partial charge >= 0.3 is 0 Å². The molecule has 0 aliphatic heterocycles. The van der Waals surface area contributed by atoms with E-state index < -0.39 is 10.8 Å². The number of rotatable bonds is 3. The van der Waals surface area contributed by atoms with Gasteiger partial charge in [0.25, 0.3) is 0 Å². The van der Waals surface area contributed by atoms with Crippen LogP contribution < -0.4 is 0 Å². The van der Waals surface area contributed by atoms with Crippen molar-refractivity contribution in [3.63, 3.8) is 0 Å². The molecule has 0 amide bonds. The number of thiazole rings is 1. The fourth-order valence-corrected chi connectivity index (χ4v) is 4.39. The van der Waals surface area contributed by atoms with E-state index >= 15 is 0 Å². The molecule has 1 aliphatic rings. The van der Waals surface area contributed by atoms with Crippen LogP contribution in [0.4, 0.5) is 0 Å². The fourth-order valence-electron chi connectivity index (χ4n) is 2.05. The van der Waals surface area contributed by atoms with E-state index in [1.54, 1.807) is 11.3 Å². The molecule has 0 spiro atoms. The molecule has 90 valence electrons. The minimum Gasteiger partial charge on any atom is -0.259 e. The third kappa shape index (κ3) is 2.72. The topological polar surface area (TPSA) is 30.0 Å². The maximum absolute atomic E-state index is 11.5. The number of fused-ring (bicyclic) bond motifs is 1. The highest BCUT2D eigenvalue weighted by Gasteiger charge is 2.28. The number of aryl methyl sites for hydroxylation is 1. The second-order valence-corrected chi connectivity index (χ2v) is 8.11. The Hall–Kier alpha value is -0.220. The van der Waals surface area contributed by atoms with Crippen LogP contribution in [-0.4, -0.2) is 14.9 Å². The Labute approximate surface area is 104 Å². The standard InChI is InChI=1S/C12H19NOS2/c1-4-16(14)8-11-13-9-5-6-12(2,3)7-10(9)15-11/h4-8H2,1-3H3. The van der Waals surface area contributed by atoms with Crippen LogP contribution in [-0.2, 0) is 29.4 Å². The molecule has 0 saturated heterocycles. The number of aromatic nitrogens is 1. The number of hydrogen-bond acceptors (Lipinski definition) is 3. The smallest absolute Gasteiger partial charge is 0.106 e. The van der Waals surface area contributed by atoms with Crippen LogP contribution in [0, 0.1) is 5.41 Å². The van der Waals surface area contributed by atoms with Gasteiger partial charge in [0.2, 0.25) is 0 Å². The molecular formula is C12H19NOS2. The molecular weight excluding hydrogens is 238 g/mol. The van der Waals surface area contributed by atoms with Crippen molar-refractivity contribution in [1.29, 1.82) is 0 Å². The SMILES string of the molecule is CCS(=O)Cc1nc2c(s1)CC(C)(C)CC2. The third-order valence-electron chi connectivity index (χ3n) is 3.11. The quantitative estimate of drug-likeness (QED) is 0.833. The Morgan fingerprint density at radius 1 is 1.50 bits per heavy atom. The average Bonchev–Trinajstić information content (AvgIpc) is 2.57. The molecule has 0 bridgehead atoms. The van der Waals surface area contributed by atoms with Gasteiger partial charge in [-0.25, -0.2) is 4.98 Å². The Kier molecular flexibility index (Phi) is 3.50. The van der Waals surface area contributed by atoms with Crippen molar-refractivity contribution >= 4 is 22.1 Å². The van der Waals surface area contributed by atoms with Crippen molar-refractivity contribution in [3.8, 4) is 0 Å². The Balaban J connectivity index is 2.15. The van der Waals surface area contributed by atoms with E-state index in [0.717, 1.165) is 23.6 Å². The van der Waals surface area contributed by atoms with Crippen molar-refractivity contribution in [1.82, 2.24) is 4.98 Å². The molecule has 16 heavy (non-hydrogen) atoms. The molecule has 1 aromatic heterocycles. The van der Waals surface area contributed by atoms with E-state index in [4.69, 9.17) is 0 Å². The summed E-state index contributed by atoms with van der Waals surface area (Å²) in [7, 11) is -0.728. The lowest BCUT2D eigenvalue weighted by Crippen LogP contribution is -2.20. The van der Waals surface area contributed by atoms with Gasteiger partial charge in [0.05, 0.1) is 11.4 Å². The Bertz CT molecular complexity index is 409. The van der Waals surface area contributed by atoms with Crippen molar-refractivity contribution in [2.45, 2.75) is 45.8 Å². The van der Waals surface area contributed by atoms with Gasteiger partial charge in [-0.3, -0.25) is 4.21 Å². The van der Waals surface area contributed by atoms with Crippen molar-refractivity contribution in [3.05, 3.63) is 15.6 Å². The maximum atomic E-state index is 11.5. The third-order valence-corrected chi connectivity index (χ3v) is 5.63. The normalized spacial score (nSPS) is 20.4. The van der Waals surface area contributed by atoms with Crippen molar-refractivity contribution < 1.29 is 4.21 Å². The van der Waals surface area contributed by atoms with E-state index in [0.29, 0.717) is 11.2 Å². The highest BCUT2D eigenvalue weighted by atomic mass is 32.2. The molecule has 1 unspecified atom stereocenters. The minimum atomic E-state index is -0.728. The minimum absolute atomic E-state index is 0.417. The molecule has 2 nitrogen and oxygen atoms in total.